The molecule has 4 nitrogen and oxygen atoms in total. The van der Waals surface area contributed by atoms with Crippen LogP contribution in [0.3, 0.4) is 0 Å². The lowest BCUT2D eigenvalue weighted by Gasteiger charge is -2.31. The summed E-state index contributed by atoms with van der Waals surface area (Å²) in [5.74, 6) is 1.73. The zero-order valence-electron chi connectivity index (χ0n) is 17.4. The number of carbonyl (C=O) groups excluding carboxylic acids is 1. The maximum Gasteiger partial charge on any atom is 0.227 e. The summed E-state index contributed by atoms with van der Waals surface area (Å²) >= 11 is 0. The number of anilines is 1. The third-order valence-corrected chi connectivity index (χ3v) is 5.59. The summed E-state index contributed by atoms with van der Waals surface area (Å²) in [7, 11) is 0. The van der Waals surface area contributed by atoms with Crippen molar-refractivity contribution in [2.75, 3.05) is 18.4 Å². The maximum atomic E-state index is 12.7. The van der Waals surface area contributed by atoms with Crippen LogP contribution in [0.15, 0.2) is 78.9 Å². The minimum Gasteiger partial charge on any atom is -0.457 e. The summed E-state index contributed by atoms with van der Waals surface area (Å²) in [4.78, 5) is 15.1. The minimum absolute atomic E-state index is 0.0690. The lowest BCUT2D eigenvalue weighted by molar-refractivity contribution is -0.121. The molecule has 1 fully saturated rings. The fourth-order valence-corrected chi connectivity index (χ4v) is 3.78. The summed E-state index contributed by atoms with van der Waals surface area (Å²) in [5, 5.41) is 3.06. The summed E-state index contributed by atoms with van der Waals surface area (Å²) in [6.45, 7) is 4.97. The van der Waals surface area contributed by atoms with Crippen molar-refractivity contribution in [3.63, 3.8) is 0 Å². The number of para-hydroxylation sites is 1. The number of nitrogens with one attached hydrogen (secondary N) is 1. The van der Waals surface area contributed by atoms with Gasteiger partial charge in [-0.2, -0.15) is 0 Å². The van der Waals surface area contributed by atoms with E-state index in [-0.39, 0.29) is 11.8 Å². The predicted molar refractivity (Wildman–Crippen MR) is 121 cm³/mol. The van der Waals surface area contributed by atoms with Crippen molar-refractivity contribution in [1.82, 2.24) is 4.90 Å². The lowest BCUT2D eigenvalue weighted by atomic mass is 9.95. The molecule has 0 aromatic heterocycles. The largest absolute Gasteiger partial charge is 0.457 e. The molecular formula is C26H28N2O2. The molecule has 1 amide bonds. The van der Waals surface area contributed by atoms with Crippen LogP contribution in [0.25, 0.3) is 0 Å². The number of carbonyl (C=O) groups is 1. The van der Waals surface area contributed by atoms with Crippen molar-refractivity contribution in [3.8, 4) is 11.5 Å². The van der Waals surface area contributed by atoms with Gasteiger partial charge in [0, 0.05) is 18.2 Å². The smallest absolute Gasteiger partial charge is 0.227 e. The molecule has 154 valence electrons. The molecule has 1 aliphatic heterocycles. The van der Waals surface area contributed by atoms with Crippen LogP contribution in [-0.4, -0.2) is 23.9 Å². The fourth-order valence-electron chi connectivity index (χ4n) is 3.78. The molecule has 0 bridgehead atoms. The number of aryl methyl sites for hydroxylation is 1. The standard InChI is InChI=1S/C26H28N2O2/c1-20-7-9-21(10-8-20)19-28-17-15-22(16-18-28)26(29)27-23-11-13-25(14-12-23)30-24-5-3-2-4-6-24/h2-14,22H,15-19H2,1H3,(H,27,29). The summed E-state index contributed by atoms with van der Waals surface area (Å²) in [6.07, 6.45) is 1.79. The van der Waals surface area contributed by atoms with E-state index in [0.29, 0.717) is 0 Å². The van der Waals surface area contributed by atoms with E-state index in [1.165, 1.54) is 11.1 Å². The third kappa shape index (κ3) is 5.49. The van der Waals surface area contributed by atoms with Crippen molar-refractivity contribution >= 4 is 11.6 Å². The van der Waals surface area contributed by atoms with Gasteiger partial charge in [-0.25, -0.2) is 0 Å². The van der Waals surface area contributed by atoms with Crippen LogP contribution in [0.2, 0.25) is 0 Å². The van der Waals surface area contributed by atoms with Gasteiger partial charge in [-0.15, -0.1) is 0 Å². The highest BCUT2D eigenvalue weighted by Gasteiger charge is 2.25. The number of benzene rings is 3. The summed E-state index contributed by atoms with van der Waals surface area (Å²) in [6, 6.07) is 25.9. The van der Waals surface area contributed by atoms with E-state index in [1.54, 1.807) is 0 Å². The molecule has 1 saturated heterocycles. The van der Waals surface area contributed by atoms with Crippen LogP contribution in [0, 0.1) is 12.8 Å². The molecule has 3 aromatic rings. The van der Waals surface area contributed by atoms with E-state index in [2.05, 4.69) is 41.4 Å². The molecule has 4 rings (SSSR count). The van der Waals surface area contributed by atoms with E-state index in [9.17, 15) is 4.79 Å². The molecule has 1 N–H and O–H groups in total. The molecule has 0 aliphatic carbocycles. The van der Waals surface area contributed by atoms with E-state index < -0.39 is 0 Å². The first-order valence-corrected chi connectivity index (χ1v) is 10.6. The first-order chi connectivity index (χ1) is 14.7. The van der Waals surface area contributed by atoms with E-state index in [1.807, 2.05) is 54.6 Å². The van der Waals surface area contributed by atoms with Crippen LogP contribution < -0.4 is 10.1 Å². The van der Waals surface area contributed by atoms with Crippen LogP contribution in [0.4, 0.5) is 5.69 Å². The minimum atomic E-state index is 0.0690. The van der Waals surface area contributed by atoms with E-state index in [0.717, 1.165) is 49.7 Å². The average Bonchev–Trinajstić information content (AvgIpc) is 2.78. The molecule has 30 heavy (non-hydrogen) atoms. The highest BCUT2D eigenvalue weighted by atomic mass is 16.5. The number of nitrogens with zero attached hydrogens (tertiary/aromatic N) is 1. The van der Waals surface area contributed by atoms with Crippen molar-refractivity contribution in [1.29, 1.82) is 0 Å². The molecule has 0 unspecified atom stereocenters. The molecule has 0 saturated carbocycles. The Morgan fingerprint density at radius 3 is 2.20 bits per heavy atom. The monoisotopic (exact) mass is 400 g/mol. The number of rotatable bonds is 6. The van der Waals surface area contributed by atoms with Gasteiger partial charge in [0.15, 0.2) is 0 Å². The van der Waals surface area contributed by atoms with E-state index >= 15 is 0 Å². The van der Waals surface area contributed by atoms with Crippen LogP contribution in [-0.2, 0) is 11.3 Å². The third-order valence-electron chi connectivity index (χ3n) is 5.59. The van der Waals surface area contributed by atoms with Crippen molar-refractivity contribution < 1.29 is 9.53 Å². The Bertz CT molecular complexity index is 945. The number of hydrogen-bond donors (Lipinski definition) is 1. The van der Waals surface area contributed by atoms with Crippen molar-refractivity contribution in [2.45, 2.75) is 26.3 Å². The molecule has 1 heterocycles. The predicted octanol–water partition coefficient (Wildman–Crippen LogP) is 5.64. The van der Waals surface area contributed by atoms with Gasteiger partial charge in [0.1, 0.15) is 11.5 Å². The molecule has 0 radical (unpaired) electrons. The molecular weight excluding hydrogens is 372 g/mol. The number of ether oxygens (including phenoxy) is 1. The Kier molecular flexibility index (Phi) is 6.45. The Morgan fingerprint density at radius 1 is 0.900 bits per heavy atom. The summed E-state index contributed by atoms with van der Waals surface area (Å²) < 4.78 is 5.80. The molecule has 1 aliphatic rings. The Labute approximate surface area is 178 Å². The van der Waals surface area contributed by atoms with Gasteiger partial charge in [-0.05, 0) is 74.8 Å². The highest BCUT2D eigenvalue weighted by molar-refractivity contribution is 5.92. The van der Waals surface area contributed by atoms with Crippen LogP contribution in [0.1, 0.15) is 24.0 Å². The average molecular weight is 401 g/mol. The number of hydrogen-bond acceptors (Lipinski definition) is 3. The summed E-state index contributed by atoms with van der Waals surface area (Å²) in [5.41, 5.74) is 3.43. The first-order valence-electron chi connectivity index (χ1n) is 10.6. The topological polar surface area (TPSA) is 41.6 Å². The number of piperidine rings is 1. The Hall–Kier alpha value is -3.11. The SMILES string of the molecule is Cc1ccc(CN2CCC(C(=O)Nc3ccc(Oc4ccccc4)cc3)CC2)cc1. The van der Waals surface area contributed by atoms with Gasteiger partial charge in [0.25, 0.3) is 0 Å². The molecule has 4 heteroatoms. The zero-order valence-corrected chi connectivity index (χ0v) is 17.4. The zero-order chi connectivity index (χ0) is 20.8. The first kappa shape index (κ1) is 20.2. The maximum absolute atomic E-state index is 12.7. The van der Waals surface area contributed by atoms with Gasteiger partial charge >= 0.3 is 0 Å². The molecule has 0 atom stereocenters. The van der Waals surface area contributed by atoms with Crippen LogP contribution >= 0.6 is 0 Å². The Morgan fingerprint density at radius 2 is 1.53 bits per heavy atom. The Balaban J connectivity index is 1.25. The van der Waals surface area contributed by atoms with Gasteiger partial charge in [0.05, 0.1) is 0 Å². The lowest BCUT2D eigenvalue weighted by Crippen LogP contribution is -2.37. The van der Waals surface area contributed by atoms with Gasteiger partial charge < -0.3 is 10.1 Å². The fraction of sp³-hybridized carbons (Fsp3) is 0.269. The number of likely N-dealkylation sites (tertiary alicyclic amines) is 1. The van der Waals surface area contributed by atoms with Gasteiger partial charge in [0.2, 0.25) is 5.91 Å². The normalized spacial score (nSPS) is 15.0. The highest BCUT2D eigenvalue weighted by Crippen LogP contribution is 2.24. The van der Waals surface area contributed by atoms with E-state index in [4.69, 9.17) is 4.74 Å². The van der Waals surface area contributed by atoms with Crippen LogP contribution in [0.5, 0.6) is 11.5 Å². The second kappa shape index (κ2) is 9.59. The molecule has 3 aromatic carbocycles. The van der Waals surface area contributed by atoms with Gasteiger partial charge in [-0.1, -0.05) is 48.0 Å². The second-order valence-corrected chi connectivity index (χ2v) is 7.96. The van der Waals surface area contributed by atoms with Gasteiger partial charge in [-0.3, -0.25) is 9.69 Å². The van der Waals surface area contributed by atoms with Crippen molar-refractivity contribution in [3.05, 3.63) is 90.0 Å². The second-order valence-electron chi connectivity index (χ2n) is 7.96. The van der Waals surface area contributed by atoms with Crippen molar-refractivity contribution in [2.24, 2.45) is 5.92 Å². The number of amides is 1. The molecule has 0 spiro atoms. The quantitative estimate of drug-likeness (QED) is 0.582.